The van der Waals surface area contributed by atoms with Gasteiger partial charge in [0.05, 0.1) is 22.0 Å². The summed E-state index contributed by atoms with van der Waals surface area (Å²) in [6.45, 7) is -0.929. The first kappa shape index (κ1) is 21.8. The predicted molar refractivity (Wildman–Crippen MR) is 109 cm³/mol. The Hall–Kier alpha value is -2.95. The minimum absolute atomic E-state index is 0.160. The van der Waals surface area contributed by atoms with Gasteiger partial charge in [0, 0.05) is 5.02 Å². The van der Waals surface area contributed by atoms with Crippen LogP contribution in [0.4, 0.5) is 0 Å². The fourth-order valence-corrected chi connectivity index (χ4v) is 3.31. The van der Waals surface area contributed by atoms with Gasteiger partial charge in [-0.1, -0.05) is 34.4 Å². The van der Waals surface area contributed by atoms with Gasteiger partial charge in [-0.3, -0.25) is 14.4 Å². The van der Waals surface area contributed by atoms with E-state index < -0.39 is 17.8 Å². The van der Waals surface area contributed by atoms with Gasteiger partial charge in [-0.2, -0.15) is 4.98 Å². The number of thiophene rings is 1. The molecule has 0 aliphatic carbocycles. The van der Waals surface area contributed by atoms with Crippen LogP contribution in [-0.4, -0.2) is 41.0 Å². The Morgan fingerprint density at radius 3 is 2.70 bits per heavy atom. The molecule has 0 fully saturated rings. The number of carbonyl (C=O) groups is 3. The summed E-state index contributed by atoms with van der Waals surface area (Å²) in [4.78, 5) is 40.5. The number of benzene rings is 1. The highest BCUT2D eigenvalue weighted by Gasteiger charge is 2.14. The van der Waals surface area contributed by atoms with Crippen molar-refractivity contribution in [1.29, 1.82) is 0 Å². The van der Waals surface area contributed by atoms with Crippen LogP contribution in [0.1, 0.15) is 16.2 Å². The summed E-state index contributed by atoms with van der Waals surface area (Å²) in [5.41, 5.74) is 0.176. The van der Waals surface area contributed by atoms with E-state index in [1.807, 2.05) is 17.5 Å². The first-order valence-corrected chi connectivity index (χ1v) is 10.1. The minimum atomic E-state index is -0.696. The molecule has 2 N–H and O–H groups in total. The summed E-state index contributed by atoms with van der Waals surface area (Å²) in [7, 11) is 0. The minimum Gasteiger partial charge on any atom is -0.456 e. The lowest BCUT2D eigenvalue weighted by Crippen LogP contribution is -2.39. The van der Waals surface area contributed by atoms with Crippen LogP contribution in [0.3, 0.4) is 0 Å². The van der Waals surface area contributed by atoms with Gasteiger partial charge in [-0.05, 0) is 29.6 Å². The molecule has 9 nitrogen and oxygen atoms in total. The molecule has 2 heterocycles. The summed E-state index contributed by atoms with van der Waals surface area (Å²) in [5.74, 6) is -1.29. The third-order valence-corrected chi connectivity index (χ3v) is 4.98. The summed E-state index contributed by atoms with van der Waals surface area (Å²) in [5, 5.41) is 10.9. The molecule has 3 aromatic rings. The standard InChI is InChI=1S/C18H14Cl2N4O5S/c19-10-3-4-11(12(20)6-10)17(27)22-7-15(25)21-8-16(26)28-9-14-23-18(29-24-14)13-2-1-5-30-13/h1-6H,7-9H2,(H,21,25)(H,22,27). The van der Waals surface area contributed by atoms with Gasteiger partial charge >= 0.3 is 5.97 Å². The highest BCUT2D eigenvalue weighted by molar-refractivity contribution is 7.13. The van der Waals surface area contributed by atoms with Gasteiger partial charge < -0.3 is 19.9 Å². The number of carbonyl (C=O) groups excluding carboxylic acids is 3. The number of nitrogens with one attached hydrogen (secondary N) is 2. The number of hydrogen-bond acceptors (Lipinski definition) is 8. The molecular weight excluding hydrogens is 455 g/mol. The number of amides is 2. The van der Waals surface area contributed by atoms with Crippen LogP contribution in [0.15, 0.2) is 40.2 Å². The number of rotatable bonds is 8. The molecule has 0 bridgehead atoms. The second kappa shape index (κ2) is 10.2. The van der Waals surface area contributed by atoms with Crippen molar-refractivity contribution in [2.45, 2.75) is 6.61 Å². The van der Waals surface area contributed by atoms with Crippen LogP contribution in [0, 0.1) is 0 Å². The van der Waals surface area contributed by atoms with Gasteiger partial charge in [0.15, 0.2) is 6.61 Å². The molecular formula is C18H14Cl2N4O5S. The zero-order chi connectivity index (χ0) is 21.5. The topological polar surface area (TPSA) is 123 Å². The van der Waals surface area contributed by atoms with E-state index >= 15 is 0 Å². The SMILES string of the molecule is O=C(CNC(=O)c1ccc(Cl)cc1Cl)NCC(=O)OCc1noc(-c2cccs2)n1. The van der Waals surface area contributed by atoms with E-state index in [1.54, 1.807) is 0 Å². The Labute approximate surface area is 184 Å². The molecule has 0 spiro atoms. The van der Waals surface area contributed by atoms with Gasteiger partial charge in [0.1, 0.15) is 6.54 Å². The molecule has 156 valence electrons. The van der Waals surface area contributed by atoms with Crippen LogP contribution < -0.4 is 10.6 Å². The van der Waals surface area contributed by atoms with E-state index in [0.29, 0.717) is 10.9 Å². The van der Waals surface area contributed by atoms with Crippen LogP contribution in [0.5, 0.6) is 0 Å². The van der Waals surface area contributed by atoms with Crippen molar-refractivity contribution in [1.82, 2.24) is 20.8 Å². The van der Waals surface area contributed by atoms with Gasteiger partial charge in [-0.25, -0.2) is 0 Å². The number of halogens is 2. The van der Waals surface area contributed by atoms with Gasteiger partial charge in [0.25, 0.3) is 11.8 Å². The normalized spacial score (nSPS) is 10.5. The maximum absolute atomic E-state index is 12.0. The van der Waals surface area contributed by atoms with Crippen molar-refractivity contribution in [3.05, 3.63) is 57.1 Å². The highest BCUT2D eigenvalue weighted by Crippen LogP contribution is 2.22. The molecule has 0 aliphatic heterocycles. The lowest BCUT2D eigenvalue weighted by atomic mass is 10.2. The van der Waals surface area contributed by atoms with E-state index in [9.17, 15) is 14.4 Å². The zero-order valence-corrected chi connectivity index (χ0v) is 17.5. The molecule has 1 aromatic carbocycles. The van der Waals surface area contributed by atoms with Crippen LogP contribution in [0.25, 0.3) is 10.8 Å². The maximum atomic E-state index is 12.0. The van der Waals surface area contributed by atoms with Gasteiger partial charge in [0.2, 0.25) is 11.7 Å². The third-order valence-electron chi connectivity index (χ3n) is 3.58. The van der Waals surface area contributed by atoms with Crippen molar-refractivity contribution in [3.63, 3.8) is 0 Å². The second-order valence-corrected chi connectivity index (χ2v) is 7.53. The smallest absolute Gasteiger partial charge is 0.325 e. The molecule has 0 radical (unpaired) electrons. The third kappa shape index (κ3) is 6.02. The molecule has 2 amide bonds. The van der Waals surface area contributed by atoms with E-state index in [4.69, 9.17) is 32.5 Å². The van der Waals surface area contributed by atoms with Crippen molar-refractivity contribution < 1.29 is 23.6 Å². The maximum Gasteiger partial charge on any atom is 0.325 e. The highest BCUT2D eigenvalue weighted by atomic mass is 35.5. The summed E-state index contributed by atoms with van der Waals surface area (Å²) in [6.07, 6.45) is 0. The molecule has 0 saturated carbocycles. The summed E-state index contributed by atoms with van der Waals surface area (Å²) in [6, 6.07) is 8.03. The van der Waals surface area contributed by atoms with E-state index in [2.05, 4.69) is 20.8 Å². The predicted octanol–water partition coefficient (Wildman–Crippen LogP) is 2.69. The quantitative estimate of drug-likeness (QED) is 0.487. The lowest BCUT2D eigenvalue weighted by Gasteiger charge is -2.08. The fourth-order valence-electron chi connectivity index (χ4n) is 2.17. The molecule has 2 aromatic heterocycles. The Balaban J connectivity index is 1.37. The monoisotopic (exact) mass is 468 g/mol. The van der Waals surface area contributed by atoms with Crippen LogP contribution in [-0.2, 0) is 20.9 Å². The van der Waals surface area contributed by atoms with Crippen LogP contribution >= 0.6 is 34.5 Å². The largest absolute Gasteiger partial charge is 0.456 e. The molecule has 0 aliphatic rings. The van der Waals surface area contributed by atoms with E-state index in [1.165, 1.54) is 29.5 Å². The zero-order valence-electron chi connectivity index (χ0n) is 15.2. The first-order valence-electron chi connectivity index (χ1n) is 8.44. The average molecular weight is 469 g/mol. The van der Waals surface area contributed by atoms with Crippen molar-refractivity contribution in [2.24, 2.45) is 0 Å². The summed E-state index contributed by atoms with van der Waals surface area (Å²) >= 11 is 13.1. The fraction of sp³-hybridized carbons (Fsp3) is 0.167. The van der Waals surface area contributed by atoms with Crippen molar-refractivity contribution >= 4 is 52.3 Å². The number of aromatic nitrogens is 2. The Kier molecular flexibility index (Phi) is 7.39. The number of nitrogens with zero attached hydrogens (tertiary/aromatic N) is 2. The number of hydrogen-bond donors (Lipinski definition) is 2. The molecule has 30 heavy (non-hydrogen) atoms. The molecule has 0 saturated heterocycles. The molecule has 3 rings (SSSR count). The second-order valence-electron chi connectivity index (χ2n) is 5.74. The molecule has 0 unspecified atom stereocenters. The average Bonchev–Trinajstić information content (AvgIpc) is 3.40. The summed E-state index contributed by atoms with van der Waals surface area (Å²) < 4.78 is 10.1. The van der Waals surface area contributed by atoms with E-state index in [-0.39, 0.29) is 36.1 Å². The van der Waals surface area contributed by atoms with Crippen molar-refractivity contribution in [2.75, 3.05) is 13.1 Å². The first-order chi connectivity index (χ1) is 14.4. The van der Waals surface area contributed by atoms with Crippen molar-refractivity contribution in [3.8, 4) is 10.8 Å². The number of ether oxygens (including phenoxy) is 1. The Morgan fingerprint density at radius 2 is 1.97 bits per heavy atom. The van der Waals surface area contributed by atoms with E-state index in [0.717, 1.165) is 4.88 Å². The molecule has 12 heteroatoms. The van der Waals surface area contributed by atoms with Crippen LogP contribution in [0.2, 0.25) is 10.0 Å². The number of esters is 1. The van der Waals surface area contributed by atoms with Gasteiger partial charge in [-0.15, -0.1) is 11.3 Å². The lowest BCUT2D eigenvalue weighted by molar-refractivity contribution is -0.145. The Morgan fingerprint density at radius 1 is 1.13 bits per heavy atom. The molecule has 0 atom stereocenters. The Bertz CT molecular complexity index is 1050.